The largest absolute Gasteiger partial charge is 0.493 e. The molecule has 0 radical (unpaired) electrons. The second kappa shape index (κ2) is 6.91. The molecule has 0 fully saturated rings. The first-order valence-electron chi connectivity index (χ1n) is 8.43. The predicted molar refractivity (Wildman–Crippen MR) is 113 cm³/mol. The van der Waals surface area contributed by atoms with Crippen molar-refractivity contribution in [1.29, 1.82) is 0 Å². The van der Waals surface area contributed by atoms with Crippen LogP contribution in [0.3, 0.4) is 0 Å². The van der Waals surface area contributed by atoms with E-state index < -0.39 is 0 Å². The van der Waals surface area contributed by atoms with Gasteiger partial charge in [-0.05, 0) is 48.7 Å². The lowest BCUT2D eigenvalue weighted by Gasteiger charge is -2.15. The molecule has 136 valence electrons. The van der Waals surface area contributed by atoms with Crippen LogP contribution in [0.2, 0.25) is 10.0 Å². The van der Waals surface area contributed by atoms with Crippen LogP contribution in [-0.2, 0) is 0 Å². The second-order valence-electron chi connectivity index (χ2n) is 6.36. The van der Waals surface area contributed by atoms with Gasteiger partial charge in [0.2, 0.25) is 0 Å². The highest BCUT2D eigenvalue weighted by Gasteiger charge is 2.15. The Kier molecular flexibility index (Phi) is 4.58. The minimum Gasteiger partial charge on any atom is -0.493 e. The number of hydrogen-bond donors (Lipinski definition) is 0. The van der Waals surface area contributed by atoms with Gasteiger partial charge in [0.05, 0.1) is 35.5 Å². The number of fused-ring (bicyclic) bond motifs is 3. The summed E-state index contributed by atoms with van der Waals surface area (Å²) < 4.78 is 11.0. The van der Waals surface area contributed by atoms with Crippen molar-refractivity contribution in [2.75, 3.05) is 14.2 Å². The van der Waals surface area contributed by atoms with E-state index in [1.54, 1.807) is 20.3 Å². The van der Waals surface area contributed by atoms with Gasteiger partial charge in [0, 0.05) is 16.3 Å². The standard InChI is InChI=1S/C22H17Cl2NO2/c1-12-4-7-19-15(8-12)14-10-20(26-2)21(27-3)11-16(14)22(25-19)13-5-6-17(23)18(24)9-13/h4-11H,1-3H3. The van der Waals surface area contributed by atoms with E-state index in [0.717, 1.165) is 32.9 Å². The van der Waals surface area contributed by atoms with E-state index in [9.17, 15) is 0 Å². The molecule has 5 heteroatoms. The van der Waals surface area contributed by atoms with Crippen LogP contribution < -0.4 is 9.47 Å². The second-order valence-corrected chi connectivity index (χ2v) is 7.18. The van der Waals surface area contributed by atoms with Crippen molar-refractivity contribution < 1.29 is 9.47 Å². The molecule has 4 aromatic rings. The molecule has 1 aromatic heterocycles. The number of aromatic nitrogens is 1. The molecule has 0 atom stereocenters. The molecule has 0 unspecified atom stereocenters. The zero-order valence-corrected chi connectivity index (χ0v) is 16.7. The number of halogens is 2. The molecule has 3 nitrogen and oxygen atoms in total. The number of aryl methyl sites for hydroxylation is 1. The topological polar surface area (TPSA) is 31.4 Å². The van der Waals surface area contributed by atoms with Gasteiger partial charge in [-0.15, -0.1) is 0 Å². The third kappa shape index (κ3) is 3.07. The quantitative estimate of drug-likeness (QED) is 0.361. The van der Waals surface area contributed by atoms with Crippen LogP contribution in [0.4, 0.5) is 0 Å². The molecule has 3 aromatic carbocycles. The molecule has 0 aliphatic rings. The monoisotopic (exact) mass is 397 g/mol. The Morgan fingerprint density at radius 3 is 2.11 bits per heavy atom. The number of pyridine rings is 1. The lowest BCUT2D eigenvalue weighted by atomic mass is 9.98. The van der Waals surface area contributed by atoms with Gasteiger partial charge in [0.1, 0.15) is 0 Å². The maximum atomic E-state index is 6.26. The van der Waals surface area contributed by atoms with Crippen molar-refractivity contribution in [1.82, 2.24) is 4.98 Å². The average Bonchev–Trinajstić information content (AvgIpc) is 2.68. The van der Waals surface area contributed by atoms with Crippen LogP contribution in [-0.4, -0.2) is 19.2 Å². The first-order valence-corrected chi connectivity index (χ1v) is 9.19. The molecule has 27 heavy (non-hydrogen) atoms. The van der Waals surface area contributed by atoms with E-state index in [1.165, 1.54) is 5.56 Å². The zero-order valence-electron chi connectivity index (χ0n) is 15.1. The Balaban J connectivity index is 2.16. The number of rotatable bonds is 3. The Labute approximate surface area is 167 Å². The van der Waals surface area contributed by atoms with E-state index >= 15 is 0 Å². The minimum absolute atomic E-state index is 0.494. The number of hydrogen-bond acceptors (Lipinski definition) is 3. The maximum Gasteiger partial charge on any atom is 0.161 e. The molecule has 0 spiro atoms. The molecule has 0 amide bonds. The highest BCUT2D eigenvalue weighted by atomic mass is 35.5. The summed E-state index contributed by atoms with van der Waals surface area (Å²) in [6, 6.07) is 15.7. The molecule has 0 aliphatic carbocycles. The zero-order chi connectivity index (χ0) is 19.1. The first-order chi connectivity index (χ1) is 13.0. The summed E-state index contributed by atoms with van der Waals surface area (Å²) >= 11 is 12.4. The third-order valence-corrected chi connectivity index (χ3v) is 5.39. The predicted octanol–water partition coefficient (Wildman–Crippen LogP) is 6.69. The lowest BCUT2D eigenvalue weighted by Crippen LogP contribution is -1.95. The summed E-state index contributed by atoms with van der Waals surface area (Å²) in [5.74, 6) is 1.33. The van der Waals surface area contributed by atoms with Crippen LogP contribution in [0.15, 0.2) is 48.5 Å². The van der Waals surface area contributed by atoms with E-state index in [0.29, 0.717) is 21.5 Å². The van der Waals surface area contributed by atoms with Crippen LogP contribution >= 0.6 is 23.2 Å². The molecular weight excluding hydrogens is 381 g/mol. The van der Waals surface area contributed by atoms with Gasteiger partial charge >= 0.3 is 0 Å². The fourth-order valence-electron chi connectivity index (χ4n) is 3.31. The van der Waals surface area contributed by atoms with Crippen molar-refractivity contribution in [3.8, 4) is 22.8 Å². The molecule has 0 aliphatic heterocycles. The molecule has 0 N–H and O–H groups in total. The van der Waals surface area contributed by atoms with Gasteiger partial charge in [0.25, 0.3) is 0 Å². The number of nitrogens with zero attached hydrogens (tertiary/aromatic N) is 1. The van der Waals surface area contributed by atoms with Crippen molar-refractivity contribution in [2.24, 2.45) is 0 Å². The summed E-state index contributed by atoms with van der Waals surface area (Å²) in [7, 11) is 3.26. The van der Waals surface area contributed by atoms with Crippen LogP contribution in [0.1, 0.15) is 5.56 Å². The van der Waals surface area contributed by atoms with Crippen molar-refractivity contribution >= 4 is 44.9 Å². The summed E-state index contributed by atoms with van der Waals surface area (Å²) in [6.45, 7) is 2.07. The molecule has 0 bridgehead atoms. The molecular formula is C22H17Cl2NO2. The summed E-state index contributed by atoms with van der Waals surface area (Å²) in [5, 5.41) is 4.08. The summed E-state index contributed by atoms with van der Waals surface area (Å²) in [4.78, 5) is 4.92. The number of benzene rings is 3. The summed E-state index contributed by atoms with van der Waals surface area (Å²) in [6.07, 6.45) is 0. The molecule has 4 rings (SSSR count). The average molecular weight is 398 g/mol. The first kappa shape index (κ1) is 17.9. The van der Waals surface area contributed by atoms with Gasteiger partial charge < -0.3 is 9.47 Å². The third-order valence-electron chi connectivity index (χ3n) is 4.65. The van der Waals surface area contributed by atoms with Crippen LogP contribution in [0, 0.1) is 6.92 Å². The fraction of sp³-hybridized carbons (Fsp3) is 0.136. The Morgan fingerprint density at radius 1 is 0.741 bits per heavy atom. The highest BCUT2D eigenvalue weighted by molar-refractivity contribution is 6.42. The van der Waals surface area contributed by atoms with Crippen molar-refractivity contribution in [2.45, 2.75) is 6.92 Å². The van der Waals surface area contributed by atoms with Crippen molar-refractivity contribution in [3.05, 3.63) is 64.1 Å². The van der Waals surface area contributed by atoms with E-state index in [2.05, 4.69) is 19.1 Å². The number of ether oxygens (including phenoxy) is 2. The smallest absolute Gasteiger partial charge is 0.161 e. The SMILES string of the molecule is COc1cc2c(-c3ccc(Cl)c(Cl)c3)nc3ccc(C)cc3c2cc1OC. The fourth-order valence-corrected chi connectivity index (χ4v) is 3.60. The van der Waals surface area contributed by atoms with E-state index in [4.69, 9.17) is 37.7 Å². The lowest BCUT2D eigenvalue weighted by molar-refractivity contribution is 0.356. The molecule has 0 saturated carbocycles. The Hall–Kier alpha value is -2.49. The van der Waals surface area contributed by atoms with Gasteiger partial charge in [-0.3, -0.25) is 0 Å². The number of methoxy groups -OCH3 is 2. The van der Waals surface area contributed by atoms with Crippen molar-refractivity contribution in [3.63, 3.8) is 0 Å². The highest BCUT2D eigenvalue weighted by Crippen LogP contribution is 2.40. The van der Waals surface area contributed by atoms with Crippen LogP contribution in [0.5, 0.6) is 11.5 Å². The Bertz CT molecular complexity index is 1190. The molecule has 0 saturated heterocycles. The summed E-state index contributed by atoms with van der Waals surface area (Å²) in [5.41, 5.74) is 3.79. The normalized spacial score (nSPS) is 11.1. The maximum absolute atomic E-state index is 6.26. The van der Waals surface area contributed by atoms with Crippen LogP contribution in [0.25, 0.3) is 32.9 Å². The van der Waals surface area contributed by atoms with Gasteiger partial charge in [-0.2, -0.15) is 0 Å². The van der Waals surface area contributed by atoms with E-state index in [1.807, 2.05) is 30.3 Å². The van der Waals surface area contributed by atoms with Gasteiger partial charge in [-0.1, -0.05) is 40.9 Å². The molecule has 1 heterocycles. The van der Waals surface area contributed by atoms with Gasteiger partial charge in [0.15, 0.2) is 11.5 Å². The van der Waals surface area contributed by atoms with Gasteiger partial charge in [-0.25, -0.2) is 4.98 Å². The Morgan fingerprint density at radius 2 is 1.44 bits per heavy atom. The minimum atomic E-state index is 0.494. The van der Waals surface area contributed by atoms with E-state index in [-0.39, 0.29) is 0 Å².